The van der Waals surface area contributed by atoms with E-state index < -0.39 is 0 Å². The van der Waals surface area contributed by atoms with Gasteiger partial charge in [0.05, 0.1) is 35.8 Å². The summed E-state index contributed by atoms with van der Waals surface area (Å²) in [7, 11) is 1.62. The lowest BCUT2D eigenvalue weighted by Crippen LogP contribution is -2.23. The van der Waals surface area contributed by atoms with Crippen LogP contribution < -0.4 is 15.4 Å². The molecule has 4 rings (SSSR count). The quantitative estimate of drug-likeness (QED) is 0.518. The zero-order chi connectivity index (χ0) is 20.1. The van der Waals surface area contributed by atoms with Gasteiger partial charge < -0.3 is 15.4 Å². The molecule has 0 saturated carbocycles. The van der Waals surface area contributed by atoms with Crippen molar-refractivity contribution >= 4 is 28.2 Å². The van der Waals surface area contributed by atoms with Crippen LogP contribution in [0.3, 0.4) is 0 Å². The number of ether oxygens (including phenoxy) is 1. The first kappa shape index (κ1) is 18.4. The average Bonchev–Trinajstić information content (AvgIpc) is 2.78. The Hall–Kier alpha value is -3.93. The van der Waals surface area contributed by atoms with Crippen LogP contribution in [0.5, 0.6) is 5.75 Å². The van der Waals surface area contributed by atoms with Crippen LogP contribution in [0.15, 0.2) is 79.3 Å². The Morgan fingerprint density at radius 1 is 1.03 bits per heavy atom. The summed E-state index contributed by atoms with van der Waals surface area (Å²) in [6.07, 6.45) is 4.99. The Morgan fingerprint density at radius 3 is 2.69 bits per heavy atom. The summed E-state index contributed by atoms with van der Waals surface area (Å²) in [6, 6.07) is 19.2. The summed E-state index contributed by atoms with van der Waals surface area (Å²) < 4.78 is 5.15. The minimum atomic E-state index is -0.187. The van der Waals surface area contributed by atoms with Crippen molar-refractivity contribution < 1.29 is 9.53 Å². The number of carbonyl (C=O) groups excluding carboxylic acids is 1. The highest BCUT2D eigenvalue weighted by atomic mass is 16.5. The summed E-state index contributed by atoms with van der Waals surface area (Å²) in [4.78, 5) is 21.2. The molecule has 0 unspecified atom stereocenters. The highest BCUT2D eigenvalue weighted by molar-refractivity contribution is 5.96. The number of fused-ring (bicyclic) bond motifs is 1. The molecule has 0 atom stereocenters. The van der Waals surface area contributed by atoms with Crippen LogP contribution in [-0.4, -0.2) is 23.0 Å². The second-order valence-electron chi connectivity index (χ2n) is 6.50. The third kappa shape index (κ3) is 4.32. The molecule has 4 aromatic rings. The molecule has 6 heteroatoms. The van der Waals surface area contributed by atoms with Crippen LogP contribution >= 0.6 is 0 Å². The monoisotopic (exact) mass is 384 g/mol. The van der Waals surface area contributed by atoms with E-state index >= 15 is 0 Å². The lowest BCUT2D eigenvalue weighted by atomic mass is 10.1. The first-order chi connectivity index (χ1) is 14.2. The molecular weight excluding hydrogens is 364 g/mol. The number of anilines is 2. The molecule has 29 heavy (non-hydrogen) atoms. The maximum Gasteiger partial charge on any atom is 0.253 e. The number of amides is 1. The molecule has 0 saturated heterocycles. The van der Waals surface area contributed by atoms with Gasteiger partial charge in [-0.2, -0.15) is 0 Å². The number of rotatable bonds is 6. The molecule has 2 heterocycles. The van der Waals surface area contributed by atoms with Gasteiger partial charge in [0.15, 0.2) is 0 Å². The normalized spacial score (nSPS) is 10.5. The zero-order valence-corrected chi connectivity index (χ0v) is 15.9. The lowest BCUT2D eigenvalue weighted by Gasteiger charge is -2.10. The van der Waals surface area contributed by atoms with Crippen molar-refractivity contribution in [3.8, 4) is 5.75 Å². The van der Waals surface area contributed by atoms with Crippen LogP contribution in [0.2, 0.25) is 0 Å². The second-order valence-corrected chi connectivity index (χ2v) is 6.50. The fraction of sp³-hybridized carbons (Fsp3) is 0.0870. The van der Waals surface area contributed by atoms with Gasteiger partial charge in [-0.15, -0.1) is 0 Å². The van der Waals surface area contributed by atoms with Crippen LogP contribution in [0.1, 0.15) is 15.9 Å². The van der Waals surface area contributed by atoms with Gasteiger partial charge in [-0.1, -0.05) is 30.3 Å². The Kier molecular flexibility index (Phi) is 5.33. The van der Waals surface area contributed by atoms with E-state index in [0.29, 0.717) is 12.1 Å². The molecule has 2 aromatic heterocycles. The molecular formula is C23H20N4O2. The van der Waals surface area contributed by atoms with Crippen molar-refractivity contribution in [2.24, 2.45) is 0 Å². The number of pyridine rings is 2. The molecule has 1 amide bonds. The lowest BCUT2D eigenvalue weighted by molar-refractivity contribution is 0.0950. The number of benzene rings is 2. The van der Waals surface area contributed by atoms with Gasteiger partial charge in [0.2, 0.25) is 0 Å². The van der Waals surface area contributed by atoms with E-state index in [-0.39, 0.29) is 5.91 Å². The Morgan fingerprint density at radius 2 is 1.86 bits per heavy atom. The van der Waals surface area contributed by atoms with E-state index in [2.05, 4.69) is 20.6 Å². The van der Waals surface area contributed by atoms with Gasteiger partial charge >= 0.3 is 0 Å². The number of nitrogens with one attached hydrogen (secondary N) is 2. The van der Waals surface area contributed by atoms with Gasteiger partial charge in [0.25, 0.3) is 5.91 Å². The number of methoxy groups -OCH3 is 1. The van der Waals surface area contributed by atoms with Gasteiger partial charge in [-0.05, 0) is 35.9 Å². The molecule has 6 nitrogen and oxygen atoms in total. The SMILES string of the molecule is COc1ccc(CNC(=O)c2cncc(Nc3cccc4cccnc34)c2)cc1. The first-order valence-corrected chi connectivity index (χ1v) is 9.20. The van der Waals surface area contributed by atoms with Crippen LogP contribution in [0, 0.1) is 0 Å². The molecule has 0 fully saturated rings. The molecule has 2 N–H and O–H groups in total. The van der Waals surface area contributed by atoms with Crippen LogP contribution in [0.25, 0.3) is 10.9 Å². The number of para-hydroxylation sites is 1. The van der Waals surface area contributed by atoms with Crippen molar-refractivity contribution in [1.82, 2.24) is 15.3 Å². The molecule has 0 aliphatic rings. The third-order valence-electron chi connectivity index (χ3n) is 4.52. The maximum atomic E-state index is 12.5. The number of carbonyl (C=O) groups is 1. The maximum absolute atomic E-state index is 12.5. The van der Waals surface area contributed by atoms with Crippen molar-refractivity contribution in [1.29, 1.82) is 0 Å². The minimum absolute atomic E-state index is 0.187. The molecule has 144 valence electrons. The van der Waals surface area contributed by atoms with Crippen molar-refractivity contribution in [3.05, 3.63) is 90.4 Å². The molecule has 0 spiro atoms. The van der Waals surface area contributed by atoms with E-state index in [1.807, 2.05) is 54.6 Å². The van der Waals surface area contributed by atoms with Crippen molar-refractivity contribution in [2.45, 2.75) is 6.54 Å². The van der Waals surface area contributed by atoms with Crippen LogP contribution in [0.4, 0.5) is 11.4 Å². The van der Waals surface area contributed by atoms with E-state index in [1.54, 1.807) is 31.8 Å². The Labute approximate surface area is 168 Å². The summed E-state index contributed by atoms with van der Waals surface area (Å²) in [5, 5.41) is 7.26. The highest BCUT2D eigenvalue weighted by Gasteiger charge is 2.08. The minimum Gasteiger partial charge on any atom is -0.497 e. The molecule has 0 aliphatic heterocycles. The van der Waals surface area contributed by atoms with Crippen molar-refractivity contribution in [3.63, 3.8) is 0 Å². The fourth-order valence-electron chi connectivity index (χ4n) is 3.02. The molecule has 0 bridgehead atoms. The van der Waals surface area contributed by atoms with Gasteiger partial charge in [0.1, 0.15) is 5.75 Å². The van der Waals surface area contributed by atoms with Gasteiger partial charge in [-0.3, -0.25) is 14.8 Å². The molecule has 0 radical (unpaired) electrons. The highest BCUT2D eigenvalue weighted by Crippen LogP contribution is 2.24. The number of hydrogen-bond donors (Lipinski definition) is 2. The largest absolute Gasteiger partial charge is 0.497 e. The predicted octanol–water partition coefficient (Wildman–Crippen LogP) is 4.31. The molecule has 2 aromatic carbocycles. The number of nitrogens with zero attached hydrogens (tertiary/aromatic N) is 2. The van der Waals surface area contributed by atoms with E-state index in [4.69, 9.17) is 4.74 Å². The summed E-state index contributed by atoms with van der Waals surface area (Å²) in [6.45, 7) is 0.424. The summed E-state index contributed by atoms with van der Waals surface area (Å²) in [5.74, 6) is 0.596. The smallest absolute Gasteiger partial charge is 0.253 e. The number of hydrogen-bond acceptors (Lipinski definition) is 5. The van der Waals surface area contributed by atoms with Gasteiger partial charge in [-0.25, -0.2) is 0 Å². The third-order valence-corrected chi connectivity index (χ3v) is 4.52. The number of aromatic nitrogens is 2. The van der Waals surface area contributed by atoms with E-state index in [9.17, 15) is 4.79 Å². The summed E-state index contributed by atoms with van der Waals surface area (Å²) in [5.41, 5.74) is 3.92. The summed E-state index contributed by atoms with van der Waals surface area (Å²) >= 11 is 0. The van der Waals surface area contributed by atoms with E-state index in [0.717, 1.165) is 33.6 Å². The van der Waals surface area contributed by atoms with E-state index in [1.165, 1.54) is 0 Å². The molecule has 0 aliphatic carbocycles. The van der Waals surface area contributed by atoms with Gasteiger partial charge in [0, 0.05) is 24.3 Å². The predicted molar refractivity (Wildman–Crippen MR) is 113 cm³/mol. The Balaban J connectivity index is 1.47. The second kappa shape index (κ2) is 8.39. The first-order valence-electron chi connectivity index (χ1n) is 9.20. The van der Waals surface area contributed by atoms with Crippen LogP contribution in [-0.2, 0) is 6.54 Å². The average molecular weight is 384 g/mol. The Bertz CT molecular complexity index is 1140. The fourth-order valence-corrected chi connectivity index (χ4v) is 3.02. The zero-order valence-electron chi connectivity index (χ0n) is 15.9. The standard InChI is InChI=1S/C23H20N4O2/c1-29-20-9-7-16(8-10-20)13-26-23(28)18-12-19(15-24-14-18)27-21-6-2-4-17-5-3-11-25-22(17)21/h2-12,14-15,27H,13H2,1H3,(H,26,28). The van der Waals surface area contributed by atoms with Crippen molar-refractivity contribution in [2.75, 3.05) is 12.4 Å². The topological polar surface area (TPSA) is 76.1 Å².